The topological polar surface area (TPSA) is 78.3 Å². The normalized spacial score (nSPS) is 27.1. The highest BCUT2D eigenvalue weighted by Gasteiger charge is 2.43. The van der Waals surface area contributed by atoms with E-state index in [2.05, 4.69) is 36.5 Å². The Hall–Kier alpha value is -2.33. The molecule has 1 fully saturated rings. The standard InChI is InChI=1S/C26H31ClFN5O2S/c1-33(2)13-12-29-26-22(31-36(34)32-26)11-9-18-8-10-19-23(16-6-4-3-5-7-16)30-24-20(25(19)35-18)14-17(27)15-21(24)28/h3-7,14-15,18-19,23,25,30H,8-13H2,1-2H3,(H,29,32)/t18-,19+,23+,25+,36?/m1/s1. The molecule has 5 atom stereocenters. The lowest BCUT2D eigenvalue weighted by Crippen LogP contribution is -2.40. The molecule has 5 rings (SSSR count). The maximum atomic E-state index is 15.0. The van der Waals surface area contributed by atoms with E-state index >= 15 is 0 Å². The average molecular weight is 532 g/mol. The van der Waals surface area contributed by atoms with Gasteiger partial charge in [-0.25, -0.2) is 8.60 Å². The smallest absolute Gasteiger partial charge is 0.267 e. The third-order valence-corrected chi connectivity index (χ3v) is 7.95. The predicted octanol–water partition coefficient (Wildman–Crippen LogP) is 4.85. The summed E-state index contributed by atoms with van der Waals surface area (Å²) >= 11 is 4.67. The molecule has 2 N–H and O–H groups in total. The lowest BCUT2D eigenvalue weighted by molar-refractivity contribution is -0.0951. The number of ether oxygens (including phenoxy) is 1. The fraction of sp³-hybridized carbons (Fsp3) is 0.462. The van der Waals surface area contributed by atoms with Gasteiger partial charge in [0.1, 0.15) is 5.82 Å². The second-order valence-electron chi connectivity index (χ2n) is 9.78. The summed E-state index contributed by atoms with van der Waals surface area (Å²) in [6, 6.07) is 13.2. The van der Waals surface area contributed by atoms with Crippen molar-refractivity contribution in [2.24, 2.45) is 14.7 Å². The second-order valence-corrected chi connectivity index (χ2v) is 11.0. The summed E-state index contributed by atoms with van der Waals surface area (Å²) in [5.74, 6) is 0.388. The minimum Gasteiger partial charge on any atom is -0.375 e. The number of halogens is 2. The van der Waals surface area contributed by atoms with E-state index in [0.29, 0.717) is 29.5 Å². The van der Waals surface area contributed by atoms with Gasteiger partial charge >= 0.3 is 0 Å². The summed E-state index contributed by atoms with van der Waals surface area (Å²) in [5, 5.41) is 7.06. The third-order valence-electron chi connectivity index (χ3n) is 7.01. The van der Waals surface area contributed by atoms with Crippen molar-refractivity contribution in [3.63, 3.8) is 0 Å². The Balaban J connectivity index is 1.31. The highest BCUT2D eigenvalue weighted by molar-refractivity contribution is 7.83. The van der Waals surface area contributed by atoms with Gasteiger partial charge in [-0.1, -0.05) is 41.9 Å². The van der Waals surface area contributed by atoms with Gasteiger partial charge in [0.2, 0.25) is 0 Å². The number of rotatable bonds is 7. The first-order valence-corrected chi connectivity index (χ1v) is 13.8. The van der Waals surface area contributed by atoms with Crippen LogP contribution in [-0.2, 0) is 15.9 Å². The van der Waals surface area contributed by atoms with E-state index in [1.807, 2.05) is 38.4 Å². The Bertz CT molecular complexity index is 1190. The molecular formula is C26H31ClFN5O2S. The number of hydrogen-bond acceptors (Lipinski definition) is 5. The van der Waals surface area contributed by atoms with Gasteiger partial charge in [-0.05, 0) is 57.5 Å². The van der Waals surface area contributed by atoms with Crippen molar-refractivity contribution in [2.75, 3.05) is 32.5 Å². The van der Waals surface area contributed by atoms with Crippen LogP contribution in [-0.4, -0.2) is 53.9 Å². The zero-order valence-corrected chi connectivity index (χ0v) is 22.0. The molecule has 1 unspecified atom stereocenters. The molecule has 10 heteroatoms. The molecule has 3 heterocycles. The van der Waals surface area contributed by atoms with E-state index in [1.54, 1.807) is 0 Å². The van der Waals surface area contributed by atoms with Gasteiger partial charge in [0.05, 0.1) is 29.6 Å². The number of nitrogens with zero attached hydrogens (tertiary/aromatic N) is 3. The van der Waals surface area contributed by atoms with E-state index in [1.165, 1.54) is 6.07 Å². The molecule has 3 aliphatic heterocycles. The molecule has 2 aromatic carbocycles. The molecule has 0 radical (unpaired) electrons. The van der Waals surface area contributed by atoms with E-state index in [-0.39, 0.29) is 30.0 Å². The van der Waals surface area contributed by atoms with Crippen molar-refractivity contribution in [1.82, 2.24) is 10.2 Å². The van der Waals surface area contributed by atoms with Gasteiger partial charge in [0, 0.05) is 29.6 Å². The van der Waals surface area contributed by atoms with E-state index < -0.39 is 11.2 Å². The maximum Gasteiger partial charge on any atom is 0.267 e. The number of anilines is 1. The highest BCUT2D eigenvalue weighted by Crippen LogP contribution is 2.51. The van der Waals surface area contributed by atoms with Crippen molar-refractivity contribution in [2.45, 2.75) is 43.9 Å². The summed E-state index contributed by atoms with van der Waals surface area (Å²) in [5.41, 5.74) is 3.07. The third kappa shape index (κ3) is 5.49. The van der Waals surface area contributed by atoms with Crippen molar-refractivity contribution >= 4 is 40.0 Å². The van der Waals surface area contributed by atoms with Crippen LogP contribution < -0.4 is 10.6 Å². The fourth-order valence-corrected chi connectivity index (χ4v) is 6.22. The first kappa shape index (κ1) is 25.3. The maximum absolute atomic E-state index is 15.0. The molecular weight excluding hydrogens is 501 g/mol. The van der Waals surface area contributed by atoms with Gasteiger partial charge in [-0.3, -0.25) is 0 Å². The summed E-state index contributed by atoms with van der Waals surface area (Å²) in [6.45, 7) is 1.53. The molecule has 0 amide bonds. The molecule has 192 valence electrons. The van der Waals surface area contributed by atoms with Crippen molar-refractivity contribution in [3.8, 4) is 0 Å². The molecule has 1 saturated heterocycles. The summed E-state index contributed by atoms with van der Waals surface area (Å²) in [7, 11) is 4.00. The van der Waals surface area contributed by atoms with Crippen LogP contribution in [0.15, 0.2) is 51.3 Å². The number of nitrogens with one attached hydrogen (secondary N) is 2. The second kappa shape index (κ2) is 11.0. The van der Waals surface area contributed by atoms with Crippen molar-refractivity contribution in [3.05, 3.63) is 64.4 Å². The van der Waals surface area contributed by atoms with Crippen LogP contribution in [0.3, 0.4) is 0 Å². The predicted molar refractivity (Wildman–Crippen MR) is 143 cm³/mol. The molecule has 0 saturated carbocycles. The average Bonchev–Trinajstić information content (AvgIpc) is 3.21. The summed E-state index contributed by atoms with van der Waals surface area (Å²) in [6.07, 6.45) is 2.82. The Kier molecular flexibility index (Phi) is 7.71. The Labute approximate surface area is 218 Å². The lowest BCUT2D eigenvalue weighted by Gasteiger charge is -2.46. The quantitative estimate of drug-likeness (QED) is 0.534. The van der Waals surface area contributed by atoms with Gasteiger partial charge in [0.25, 0.3) is 11.2 Å². The van der Waals surface area contributed by atoms with Crippen molar-refractivity contribution < 1.29 is 13.3 Å². The molecule has 7 nitrogen and oxygen atoms in total. The van der Waals surface area contributed by atoms with Crippen LogP contribution in [0.2, 0.25) is 5.02 Å². The van der Waals surface area contributed by atoms with Gasteiger partial charge in [-0.15, -0.1) is 4.40 Å². The van der Waals surface area contributed by atoms with Crippen LogP contribution in [0.4, 0.5) is 10.1 Å². The van der Waals surface area contributed by atoms with Crippen LogP contribution in [0, 0.1) is 11.7 Å². The minimum absolute atomic E-state index is 0.0320. The van der Waals surface area contributed by atoms with E-state index in [0.717, 1.165) is 42.6 Å². The van der Waals surface area contributed by atoms with E-state index in [4.69, 9.17) is 16.3 Å². The van der Waals surface area contributed by atoms with Crippen LogP contribution in [0.1, 0.15) is 49.0 Å². The molecule has 3 aliphatic rings. The molecule has 0 aromatic heterocycles. The van der Waals surface area contributed by atoms with Gasteiger partial charge in [0.15, 0.2) is 5.84 Å². The first-order valence-electron chi connectivity index (χ1n) is 12.3. The molecule has 0 spiro atoms. The zero-order valence-electron chi connectivity index (χ0n) is 20.4. The van der Waals surface area contributed by atoms with Crippen LogP contribution in [0.5, 0.6) is 0 Å². The highest BCUT2D eigenvalue weighted by atomic mass is 35.5. The van der Waals surface area contributed by atoms with Gasteiger partial charge in [-0.2, -0.15) is 4.40 Å². The number of benzene rings is 2. The number of likely N-dealkylation sites (N-methyl/N-ethyl adjacent to an activating group) is 1. The first-order chi connectivity index (χ1) is 17.4. The molecule has 36 heavy (non-hydrogen) atoms. The molecule has 0 aliphatic carbocycles. The van der Waals surface area contributed by atoms with Crippen LogP contribution >= 0.6 is 11.6 Å². The Morgan fingerprint density at radius 2 is 2.03 bits per heavy atom. The number of amidine groups is 1. The largest absolute Gasteiger partial charge is 0.375 e. The molecule has 2 aromatic rings. The van der Waals surface area contributed by atoms with Crippen LogP contribution in [0.25, 0.3) is 0 Å². The fourth-order valence-electron chi connectivity index (χ4n) is 5.27. The molecule has 0 bridgehead atoms. The van der Waals surface area contributed by atoms with E-state index in [9.17, 15) is 8.60 Å². The van der Waals surface area contributed by atoms with Crippen molar-refractivity contribution in [1.29, 1.82) is 0 Å². The number of hydrogen-bond donors (Lipinski definition) is 2. The Morgan fingerprint density at radius 1 is 1.22 bits per heavy atom. The minimum atomic E-state index is -1.58. The summed E-state index contributed by atoms with van der Waals surface area (Å²) < 4.78 is 42.0. The zero-order chi connectivity index (χ0) is 25.2. The Morgan fingerprint density at radius 3 is 2.81 bits per heavy atom. The number of fused-ring (bicyclic) bond motifs is 3. The van der Waals surface area contributed by atoms with Gasteiger partial charge < -0.3 is 20.3 Å². The summed E-state index contributed by atoms with van der Waals surface area (Å²) in [4.78, 5) is 2.07. The lowest BCUT2D eigenvalue weighted by atomic mass is 9.76. The SMILES string of the molecule is CN(C)CCNC1=NS(=O)N=C1CC[C@H]1CC[C@@H]2[C@H](O1)c1cc(Cl)cc(F)c1N[C@H]2c1ccccc1. The monoisotopic (exact) mass is 531 g/mol.